The Morgan fingerprint density at radius 1 is 1.07 bits per heavy atom. The van der Waals surface area contributed by atoms with Gasteiger partial charge >= 0.3 is 0 Å². The Hall–Kier alpha value is -3.28. The number of amides is 1. The van der Waals surface area contributed by atoms with Gasteiger partial charge in [0.25, 0.3) is 5.91 Å². The Morgan fingerprint density at radius 3 is 2.52 bits per heavy atom. The third kappa shape index (κ3) is 5.10. The maximum Gasteiger partial charge on any atom is 0.274 e. The van der Waals surface area contributed by atoms with E-state index in [1.54, 1.807) is 12.3 Å². The number of hydrogen-bond donors (Lipinski definition) is 2. The minimum absolute atomic E-state index is 0.265. The highest BCUT2D eigenvalue weighted by Crippen LogP contribution is 2.18. The molecular formula is C21H23N5O. The average Bonchev–Trinajstić information content (AvgIpc) is 2.67. The zero-order valence-electron chi connectivity index (χ0n) is 15.7. The van der Waals surface area contributed by atoms with Crippen LogP contribution in [-0.4, -0.2) is 20.9 Å². The van der Waals surface area contributed by atoms with Crippen LogP contribution in [0.15, 0.2) is 54.7 Å². The smallest absolute Gasteiger partial charge is 0.274 e. The summed E-state index contributed by atoms with van der Waals surface area (Å²) in [7, 11) is 0. The molecule has 2 heterocycles. The van der Waals surface area contributed by atoms with Gasteiger partial charge in [-0.15, -0.1) is 0 Å². The van der Waals surface area contributed by atoms with E-state index in [2.05, 4.69) is 39.4 Å². The molecular weight excluding hydrogens is 338 g/mol. The summed E-state index contributed by atoms with van der Waals surface area (Å²) in [5, 5.41) is 6.00. The van der Waals surface area contributed by atoms with Crippen LogP contribution in [0, 0.1) is 6.92 Å². The Labute approximate surface area is 159 Å². The van der Waals surface area contributed by atoms with Gasteiger partial charge in [0.1, 0.15) is 5.69 Å². The first-order valence-corrected chi connectivity index (χ1v) is 8.92. The fraction of sp³-hybridized carbons (Fsp3) is 0.238. The summed E-state index contributed by atoms with van der Waals surface area (Å²) >= 11 is 0. The third-order valence-electron chi connectivity index (χ3n) is 4.08. The molecule has 3 rings (SSSR count). The highest BCUT2D eigenvalue weighted by molar-refractivity contribution is 6.03. The van der Waals surface area contributed by atoms with E-state index >= 15 is 0 Å². The highest BCUT2D eigenvalue weighted by atomic mass is 16.1. The van der Waals surface area contributed by atoms with Crippen LogP contribution in [0.3, 0.4) is 0 Å². The molecule has 3 aromatic rings. The second-order valence-corrected chi connectivity index (χ2v) is 6.62. The van der Waals surface area contributed by atoms with Gasteiger partial charge in [-0.2, -0.15) is 0 Å². The van der Waals surface area contributed by atoms with Crippen LogP contribution < -0.4 is 10.6 Å². The number of nitrogens with one attached hydrogen (secondary N) is 2. The van der Waals surface area contributed by atoms with Crippen molar-refractivity contribution in [2.24, 2.45) is 0 Å². The van der Waals surface area contributed by atoms with E-state index in [-0.39, 0.29) is 5.91 Å². The molecule has 0 fully saturated rings. The number of hydrogen-bond acceptors (Lipinski definition) is 5. The van der Waals surface area contributed by atoms with E-state index in [9.17, 15) is 4.79 Å². The number of nitrogens with zero attached hydrogens (tertiary/aromatic N) is 3. The van der Waals surface area contributed by atoms with Crippen molar-refractivity contribution in [2.45, 2.75) is 33.2 Å². The minimum Gasteiger partial charge on any atom is -0.349 e. The van der Waals surface area contributed by atoms with E-state index in [0.29, 0.717) is 29.8 Å². The molecule has 6 nitrogen and oxygen atoms in total. The first kappa shape index (κ1) is 18.5. The van der Waals surface area contributed by atoms with Gasteiger partial charge in [0.2, 0.25) is 5.95 Å². The largest absolute Gasteiger partial charge is 0.349 e. The topological polar surface area (TPSA) is 79.8 Å². The molecule has 2 aromatic heterocycles. The number of rotatable bonds is 6. The number of carbonyl (C=O) groups excluding carboxylic acids is 1. The zero-order chi connectivity index (χ0) is 19.2. The Balaban J connectivity index is 1.69. The number of aryl methyl sites for hydroxylation is 1. The summed E-state index contributed by atoms with van der Waals surface area (Å²) in [5.74, 6) is 0.589. The predicted octanol–water partition coefficient (Wildman–Crippen LogP) is 4.17. The van der Waals surface area contributed by atoms with Gasteiger partial charge in [-0.25, -0.2) is 9.97 Å². The van der Waals surface area contributed by atoms with Crippen molar-refractivity contribution in [1.82, 2.24) is 15.0 Å². The van der Waals surface area contributed by atoms with E-state index in [1.165, 1.54) is 5.56 Å². The lowest BCUT2D eigenvalue weighted by Crippen LogP contribution is -2.16. The molecule has 0 bridgehead atoms. The number of benzene rings is 1. The summed E-state index contributed by atoms with van der Waals surface area (Å²) < 4.78 is 0. The van der Waals surface area contributed by atoms with Crippen LogP contribution in [0.2, 0.25) is 0 Å². The maximum absolute atomic E-state index is 12.6. The van der Waals surface area contributed by atoms with Gasteiger partial charge < -0.3 is 10.6 Å². The van der Waals surface area contributed by atoms with Crippen molar-refractivity contribution in [3.63, 3.8) is 0 Å². The minimum atomic E-state index is -0.265. The fourth-order valence-corrected chi connectivity index (χ4v) is 2.58. The summed E-state index contributed by atoms with van der Waals surface area (Å²) in [6.45, 7) is 6.59. The number of pyridine rings is 1. The van der Waals surface area contributed by atoms with Crippen molar-refractivity contribution in [1.29, 1.82) is 0 Å². The zero-order valence-corrected chi connectivity index (χ0v) is 15.7. The molecule has 0 aliphatic rings. The lowest BCUT2D eigenvalue weighted by Gasteiger charge is -2.10. The van der Waals surface area contributed by atoms with Gasteiger partial charge in [0, 0.05) is 17.6 Å². The Kier molecular flexibility index (Phi) is 5.76. The quantitative estimate of drug-likeness (QED) is 0.689. The normalized spacial score (nSPS) is 10.7. The first-order chi connectivity index (χ1) is 13.0. The van der Waals surface area contributed by atoms with E-state index in [4.69, 9.17) is 0 Å². The fourth-order valence-electron chi connectivity index (χ4n) is 2.58. The number of anilines is 2. The summed E-state index contributed by atoms with van der Waals surface area (Å²) in [6.07, 6.45) is 1.73. The molecule has 2 N–H and O–H groups in total. The molecule has 6 heteroatoms. The second kappa shape index (κ2) is 8.40. The van der Waals surface area contributed by atoms with Gasteiger partial charge in [-0.3, -0.25) is 9.78 Å². The van der Waals surface area contributed by atoms with Gasteiger partial charge in [0.05, 0.1) is 12.2 Å². The van der Waals surface area contributed by atoms with Crippen LogP contribution in [0.25, 0.3) is 0 Å². The van der Waals surface area contributed by atoms with Gasteiger partial charge in [-0.1, -0.05) is 32.0 Å². The maximum atomic E-state index is 12.6. The van der Waals surface area contributed by atoms with E-state index in [0.717, 1.165) is 11.4 Å². The third-order valence-corrected chi connectivity index (χ3v) is 4.08. The molecule has 138 valence electrons. The molecule has 1 aromatic carbocycles. The van der Waals surface area contributed by atoms with Gasteiger partial charge in [-0.05, 0) is 48.7 Å². The average molecular weight is 361 g/mol. The molecule has 0 saturated heterocycles. The van der Waals surface area contributed by atoms with Crippen molar-refractivity contribution < 1.29 is 4.79 Å². The first-order valence-electron chi connectivity index (χ1n) is 8.92. The monoisotopic (exact) mass is 361 g/mol. The Morgan fingerprint density at radius 2 is 1.85 bits per heavy atom. The summed E-state index contributed by atoms with van der Waals surface area (Å²) in [6, 6.07) is 15.2. The molecule has 0 aliphatic heterocycles. The molecule has 0 atom stereocenters. The van der Waals surface area contributed by atoms with E-state index in [1.807, 2.05) is 49.4 Å². The SMILES string of the molecule is Cc1cc(C(=O)Nc2ccc(C(C)C)cc2)nc(NCc2ccccn2)n1. The van der Waals surface area contributed by atoms with Crippen molar-refractivity contribution in [3.8, 4) is 0 Å². The van der Waals surface area contributed by atoms with Crippen molar-refractivity contribution in [3.05, 3.63) is 77.4 Å². The predicted molar refractivity (Wildman–Crippen MR) is 107 cm³/mol. The molecule has 0 spiro atoms. The number of aromatic nitrogens is 3. The van der Waals surface area contributed by atoms with Crippen molar-refractivity contribution in [2.75, 3.05) is 10.6 Å². The molecule has 0 unspecified atom stereocenters. The lowest BCUT2D eigenvalue weighted by molar-refractivity contribution is 0.102. The van der Waals surface area contributed by atoms with Crippen LogP contribution >= 0.6 is 0 Å². The van der Waals surface area contributed by atoms with Crippen molar-refractivity contribution >= 4 is 17.5 Å². The summed E-state index contributed by atoms with van der Waals surface area (Å²) in [4.78, 5) is 25.5. The molecule has 0 aliphatic carbocycles. The lowest BCUT2D eigenvalue weighted by atomic mass is 10.0. The van der Waals surface area contributed by atoms with Gasteiger partial charge in [0.15, 0.2) is 0 Å². The molecule has 1 amide bonds. The second-order valence-electron chi connectivity index (χ2n) is 6.62. The van der Waals surface area contributed by atoms with Crippen LogP contribution in [-0.2, 0) is 6.54 Å². The standard InChI is InChI=1S/C21H23N5O/c1-14(2)16-7-9-17(10-8-16)25-20(27)19-12-15(3)24-21(26-19)23-13-18-6-4-5-11-22-18/h4-12,14H,13H2,1-3H3,(H,25,27)(H,23,24,26). The molecule has 0 radical (unpaired) electrons. The highest BCUT2D eigenvalue weighted by Gasteiger charge is 2.11. The molecule has 27 heavy (non-hydrogen) atoms. The van der Waals surface area contributed by atoms with Crippen LogP contribution in [0.4, 0.5) is 11.6 Å². The Bertz CT molecular complexity index is 908. The summed E-state index contributed by atoms with van der Waals surface area (Å²) in [5.41, 5.74) is 3.88. The molecule has 0 saturated carbocycles. The van der Waals surface area contributed by atoms with E-state index < -0.39 is 0 Å². The van der Waals surface area contributed by atoms with Crippen LogP contribution in [0.1, 0.15) is 47.2 Å². The van der Waals surface area contributed by atoms with Crippen LogP contribution in [0.5, 0.6) is 0 Å². The number of carbonyl (C=O) groups is 1.